The largest absolute Gasteiger partial charge is 0.325 e. The summed E-state index contributed by atoms with van der Waals surface area (Å²) in [6, 6.07) is 11.6. The van der Waals surface area contributed by atoms with E-state index >= 15 is 0 Å². The molecule has 0 saturated carbocycles. The number of hydrogen-bond donors (Lipinski definition) is 3. The van der Waals surface area contributed by atoms with Crippen molar-refractivity contribution in [1.29, 1.82) is 0 Å². The molecule has 31 heavy (non-hydrogen) atoms. The summed E-state index contributed by atoms with van der Waals surface area (Å²) in [7, 11) is 0. The van der Waals surface area contributed by atoms with E-state index in [-0.39, 0.29) is 22.7 Å². The van der Waals surface area contributed by atoms with Crippen LogP contribution in [0.3, 0.4) is 0 Å². The lowest BCUT2D eigenvalue weighted by atomic mass is 9.75. The van der Waals surface area contributed by atoms with Gasteiger partial charge in [0.25, 0.3) is 17.4 Å². The van der Waals surface area contributed by atoms with Crippen LogP contribution in [0.1, 0.15) is 56.3 Å². The molecule has 4 rings (SSSR count). The number of carbonyl (C=O) groups is 3. The Hall–Kier alpha value is -3.52. The number of aromatic amines is 1. The van der Waals surface area contributed by atoms with Crippen LogP contribution < -0.4 is 16.2 Å². The van der Waals surface area contributed by atoms with E-state index in [0.717, 1.165) is 0 Å². The monoisotopic (exact) mass is 435 g/mol. The summed E-state index contributed by atoms with van der Waals surface area (Å²) >= 11 is 1.31. The van der Waals surface area contributed by atoms with Gasteiger partial charge in [-0.05, 0) is 41.5 Å². The van der Waals surface area contributed by atoms with Crippen molar-refractivity contribution >= 4 is 40.3 Å². The van der Waals surface area contributed by atoms with Crippen LogP contribution in [0.15, 0.2) is 52.6 Å². The molecule has 2 aromatic heterocycles. The average molecular weight is 436 g/mol. The normalized spacial score (nSPS) is 14.6. The Morgan fingerprint density at radius 1 is 0.968 bits per heavy atom. The second kappa shape index (κ2) is 7.96. The number of anilines is 2. The van der Waals surface area contributed by atoms with Crippen LogP contribution in [0, 0.1) is 5.41 Å². The molecule has 0 spiro atoms. The molecular formula is C23H21N3O4S. The number of nitrogens with one attached hydrogen (secondary N) is 3. The second-order valence-corrected chi connectivity index (χ2v) is 9.22. The standard InChI is InChI=1S/C23H21N3O4S/c1-23(2)11-17-13(18(27)12-23)10-14(21(29)26-17)20(28)24-15-6-3-4-7-16(15)25-22(30)19-8-5-9-31-19/h3-10H,11-12H2,1-2H3,(H,24,28)(H,25,30)(H,26,29). The maximum atomic E-state index is 12.9. The lowest BCUT2D eigenvalue weighted by Crippen LogP contribution is -2.33. The van der Waals surface area contributed by atoms with Crippen molar-refractivity contribution < 1.29 is 14.4 Å². The van der Waals surface area contributed by atoms with Gasteiger partial charge < -0.3 is 15.6 Å². The van der Waals surface area contributed by atoms with Gasteiger partial charge in [0.2, 0.25) is 0 Å². The molecule has 7 nitrogen and oxygen atoms in total. The number of aromatic nitrogens is 1. The first-order valence-corrected chi connectivity index (χ1v) is 10.7. The topological polar surface area (TPSA) is 108 Å². The first-order valence-electron chi connectivity index (χ1n) is 9.78. The van der Waals surface area contributed by atoms with Gasteiger partial charge in [-0.25, -0.2) is 0 Å². The lowest BCUT2D eigenvalue weighted by molar-refractivity contribution is 0.0909. The van der Waals surface area contributed by atoms with E-state index in [9.17, 15) is 19.2 Å². The highest BCUT2D eigenvalue weighted by Gasteiger charge is 2.32. The Morgan fingerprint density at radius 2 is 1.65 bits per heavy atom. The van der Waals surface area contributed by atoms with Crippen molar-refractivity contribution in [2.75, 3.05) is 10.6 Å². The van der Waals surface area contributed by atoms with Crippen molar-refractivity contribution in [3.8, 4) is 0 Å². The maximum Gasteiger partial charge on any atom is 0.265 e. The van der Waals surface area contributed by atoms with E-state index in [2.05, 4.69) is 15.6 Å². The molecule has 0 radical (unpaired) electrons. The van der Waals surface area contributed by atoms with Gasteiger partial charge in [-0.3, -0.25) is 19.2 Å². The summed E-state index contributed by atoms with van der Waals surface area (Å²) in [4.78, 5) is 53.6. The van der Waals surface area contributed by atoms with Crippen LogP contribution in [-0.2, 0) is 6.42 Å². The SMILES string of the molecule is CC1(C)CC(=O)c2cc(C(=O)Nc3ccccc3NC(=O)c3cccs3)c(=O)[nH]c2C1. The second-order valence-electron chi connectivity index (χ2n) is 8.28. The van der Waals surface area contributed by atoms with Gasteiger partial charge in [0, 0.05) is 17.7 Å². The maximum absolute atomic E-state index is 12.9. The van der Waals surface area contributed by atoms with Gasteiger partial charge in [0.1, 0.15) is 5.56 Å². The van der Waals surface area contributed by atoms with Gasteiger partial charge >= 0.3 is 0 Å². The van der Waals surface area contributed by atoms with Crippen LogP contribution in [0.25, 0.3) is 0 Å². The van der Waals surface area contributed by atoms with Crippen molar-refractivity contribution in [3.63, 3.8) is 0 Å². The zero-order chi connectivity index (χ0) is 22.2. The summed E-state index contributed by atoms with van der Waals surface area (Å²) in [5.41, 5.74) is 0.752. The molecule has 158 valence electrons. The number of ketones is 1. The van der Waals surface area contributed by atoms with Gasteiger partial charge in [0.05, 0.1) is 16.3 Å². The van der Waals surface area contributed by atoms with Gasteiger partial charge in [-0.2, -0.15) is 0 Å². The van der Waals surface area contributed by atoms with Crippen LogP contribution in [0.5, 0.6) is 0 Å². The van der Waals surface area contributed by atoms with Gasteiger partial charge in [-0.1, -0.05) is 32.0 Å². The molecule has 2 amide bonds. The summed E-state index contributed by atoms with van der Waals surface area (Å²) < 4.78 is 0. The quantitative estimate of drug-likeness (QED) is 0.573. The molecular weight excluding hydrogens is 414 g/mol. The molecule has 0 atom stereocenters. The molecule has 8 heteroatoms. The number of benzene rings is 1. The molecule has 1 aliphatic rings. The smallest absolute Gasteiger partial charge is 0.265 e. The Morgan fingerprint density at radius 3 is 2.29 bits per heavy atom. The molecule has 0 unspecified atom stereocenters. The van der Waals surface area contributed by atoms with Crippen LogP contribution in [-0.4, -0.2) is 22.6 Å². The number of H-pyrrole nitrogens is 1. The van der Waals surface area contributed by atoms with Crippen molar-refractivity contribution in [3.05, 3.63) is 79.9 Å². The number of fused-ring (bicyclic) bond motifs is 1. The van der Waals surface area contributed by atoms with E-state index in [0.29, 0.717) is 40.4 Å². The minimum atomic E-state index is -0.653. The summed E-state index contributed by atoms with van der Waals surface area (Å²) in [5, 5.41) is 7.24. The predicted octanol–water partition coefficient (Wildman–Crippen LogP) is 4.10. The number of carbonyl (C=O) groups excluding carboxylic acids is 3. The molecule has 1 aliphatic carbocycles. The van der Waals surface area contributed by atoms with Crippen molar-refractivity contribution in [2.45, 2.75) is 26.7 Å². The number of para-hydroxylation sites is 2. The van der Waals surface area contributed by atoms with E-state index in [4.69, 9.17) is 0 Å². The highest BCUT2D eigenvalue weighted by molar-refractivity contribution is 7.12. The predicted molar refractivity (Wildman–Crippen MR) is 120 cm³/mol. The fraction of sp³-hybridized carbons (Fsp3) is 0.217. The molecule has 0 fully saturated rings. The minimum absolute atomic E-state index is 0.0971. The lowest BCUT2D eigenvalue weighted by Gasteiger charge is -2.29. The summed E-state index contributed by atoms with van der Waals surface area (Å²) in [6.07, 6.45) is 0.910. The van der Waals surface area contributed by atoms with Gasteiger partial charge in [-0.15, -0.1) is 11.3 Å². The third-order valence-corrected chi connectivity index (χ3v) is 6.00. The number of Topliss-reactive ketones (excluding diaryl/α,β-unsaturated/α-hetero) is 1. The van der Waals surface area contributed by atoms with Crippen LogP contribution >= 0.6 is 11.3 Å². The fourth-order valence-electron chi connectivity index (χ4n) is 3.68. The average Bonchev–Trinajstić information content (AvgIpc) is 3.23. The van der Waals surface area contributed by atoms with E-state index in [1.807, 2.05) is 13.8 Å². The molecule has 0 aliphatic heterocycles. The van der Waals surface area contributed by atoms with Crippen molar-refractivity contribution in [1.82, 2.24) is 4.98 Å². The fourth-order valence-corrected chi connectivity index (χ4v) is 4.30. The Bertz CT molecular complexity index is 1240. The minimum Gasteiger partial charge on any atom is -0.325 e. The summed E-state index contributed by atoms with van der Waals surface area (Å²) in [5.74, 6) is -1.05. The molecule has 3 aromatic rings. The molecule has 0 saturated heterocycles. The Balaban J connectivity index is 1.60. The molecule has 0 bridgehead atoms. The zero-order valence-electron chi connectivity index (χ0n) is 17.1. The Labute approximate surface area is 182 Å². The molecule has 1 aromatic carbocycles. The zero-order valence-corrected chi connectivity index (χ0v) is 17.9. The third-order valence-electron chi connectivity index (χ3n) is 5.13. The third kappa shape index (κ3) is 4.34. The highest BCUT2D eigenvalue weighted by atomic mass is 32.1. The highest BCUT2D eigenvalue weighted by Crippen LogP contribution is 2.33. The number of pyridine rings is 1. The Kier molecular flexibility index (Phi) is 5.32. The number of hydrogen-bond acceptors (Lipinski definition) is 5. The first-order chi connectivity index (χ1) is 14.7. The molecule has 3 N–H and O–H groups in total. The van der Waals surface area contributed by atoms with Gasteiger partial charge in [0.15, 0.2) is 5.78 Å². The van der Waals surface area contributed by atoms with E-state index in [1.54, 1.807) is 41.8 Å². The summed E-state index contributed by atoms with van der Waals surface area (Å²) in [6.45, 7) is 3.93. The number of rotatable bonds is 4. The number of amides is 2. The van der Waals surface area contributed by atoms with Crippen molar-refractivity contribution in [2.24, 2.45) is 5.41 Å². The first kappa shape index (κ1) is 20.7. The van der Waals surface area contributed by atoms with E-state index < -0.39 is 11.5 Å². The molecule has 2 heterocycles. The van der Waals surface area contributed by atoms with Crippen LogP contribution in [0.4, 0.5) is 11.4 Å². The van der Waals surface area contributed by atoms with E-state index in [1.165, 1.54) is 17.4 Å². The number of thiophene rings is 1. The van der Waals surface area contributed by atoms with Crippen LogP contribution in [0.2, 0.25) is 0 Å².